The van der Waals surface area contributed by atoms with E-state index in [1.807, 2.05) is 30.3 Å². The van der Waals surface area contributed by atoms with E-state index < -0.39 is 15.9 Å². The lowest BCUT2D eigenvalue weighted by molar-refractivity contribution is 0.102. The molecule has 0 bridgehead atoms. The predicted octanol–water partition coefficient (Wildman–Crippen LogP) is 4.76. The van der Waals surface area contributed by atoms with Crippen LogP contribution in [0.4, 0.5) is 11.4 Å². The van der Waals surface area contributed by atoms with Crippen molar-refractivity contribution in [2.45, 2.75) is 4.90 Å². The molecule has 0 spiro atoms. The van der Waals surface area contributed by atoms with Crippen molar-refractivity contribution < 1.29 is 13.2 Å². The Kier molecular flexibility index (Phi) is 6.71. The molecule has 0 atom stereocenters. The fourth-order valence-electron chi connectivity index (χ4n) is 3.56. The first kappa shape index (κ1) is 22.6. The van der Waals surface area contributed by atoms with E-state index in [0.717, 1.165) is 5.69 Å². The minimum atomic E-state index is -3.73. The third-order valence-corrected chi connectivity index (χ3v) is 7.72. The number of hydrogen-bond donors (Lipinski definition) is 1. The molecule has 0 radical (unpaired) electrons. The summed E-state index contributed by atoms with van der Waals surface area (Å²) >= 11 is 12.0. The lowest BCUT2D eigenvalue weighted by Gasteiger charge is -2.35. The molecule has 1 aliphatic rings. The van der Waals surface area contributed by atoms with Gasteiger partial charge in [0.25, 0.3) is 5.91 Å². The second-order valence-corrected chi connectivity index (χ2v) is 10.1. The van der Waals surface area contributed by atoms with Gasteiger partial charge in [-0.2, -0.15) is 4.31 Å². The summed E-state index contributed by atoms with van der Waals surface area (Å²) in [7, 11) is -3.73. The molecular weight excluding hydrogens is 469 g/mol. The van der Waals surface area contributed by atoms with Gasteiger partial charge in [-0.3, -0.25) is 4.79 Å². The van der Waals surface area contributed by atoms with Crippen molar-refractivity contribution in [2.24, 2.45) is 0 Å². The van der Waals surface area contributed by atoms with E-state index in [9.17, 15) is 13.2 Å². The van der Waals surface area contributed by atoms with Gasteiger partial charge >= 0.3 is 0 Å². The van der Waals surface area contributed by atoms with Crippen LogP contribution in [-0.4, -0.2) is 44.8 Å². The second-order valence-electron chi connectivity index (χ2n) is 7.33. The number of anilines is 2. The van der Waals surface area contributed by atoms with Crippen LogP contribution in [0.25, 0.3) is 0 Å². The number of para-hydroxylation sites is 1. The highest BCUT2D eigenvalue weighted by molar-refractivity contribution is 7.89. The van der Waals surface area contributed by atoms with E-state index in [-0.39, 0.29) is 10.5 Å². The summed E-state index contributed by atoms with van der Waals surface area (Å²) in [5.41, 5.74) is 1.69. The van der Waals surface area contributed by atoms with Crippen LogP contribution in [0.15, 0.2) is 77.7 Å². The van der Waals surface area contributed by atoms with Crippen LogP contribution < -0.4 is 10.2 Å². The van der Waals surface area contributed by atoms with Gasteiger partial charge in [-0.15, -0.1) is 0 Å². The van der Waals surface area contributed by atoms with Gasteiger partial charge in [0, 0.05) is 42.5 Å². The average molecular weight is 490 g/mol. The number of sulfonamides is 1. The fourth-order valence-corrected chi connectivity index (χ4v) is 5.48. The third kappa shape index (κ3) is 4.91. The molecule has 0 saturated carbocycles. The lowest BCUT2D eigenvalue weighted by Crippen LogP contribution is -2.48. The van der Waals surface area contributed by atoms with Gasteiger partial charge in [-0.05, 0) is 48.5 Å². The van der Waals surface area contributed by atoms with Crippen LogP contribution >= 0.6 is 23.2 Å². The van der Waals surface area contributed by atoms with Crippen molar-refractivity contribution in [3.05, 3.63) is 88.4 Å². The summed E-state index contributed by atoms with van der Waals surface area (Å²) in [6.45, 7) is 1.93. The number of halogens is 2. The summed E-state index contributed by atoms with van der Waals surface area (Å²) in [6, 6.07) is 20.6. The number of piperazine rings is 1. The quantitative estimate of drug-likeness (QED) is 0.560. The maximum absolute atomic E-state index is 13.2. The van der Waals surface area contributed by atoms with E-state index in [2.05, 4.69) is 10.2 Å². The fraction of sp³-hybridized carbons (Fsp3) is 0.174. The molecule has 166 valence electrons. The minimum absolute atomic E-state index is 0.0838. The van der Waals surface area contributed by atoms with Crippen molar-refractivity contribution in [2.75, 3.05) is 36.4 Å². The molecule has 9 heteroatoms. The highest BCUT2D eigenvalue weighted by atomic mass is 35.5. The molecule has 1 fully saturated rings. The van der Waals surface area contributed by atoms with Gasteiger partial charge in [0.15, 0.2) is 0 Å². The Hall–Kier alpha value is -2.58. The number of hydrogen-bond acceptors (Lipinski definition) is 4. The van der Waals surface area contributed by atoms with Crippen LogP contribution in [0.2, 0.25) is 10.0 Å². The Morgan fingerprint density at radius 2 is 1.56 bits per heavy atom. The van der Waals surface area contributed by atoms with Crippen molar-refractivity contribution in [1.29, 1.82) is 0 Å². The number of carbonyl (C=O) groups excluding carboxylic acids is 1. The van der Waals surface area contributed by atoms with E-state index in [1.54, 1.807) is 24.3 Å². The van der Waals surface area contributed by atoms with Crippen molar-refractivity contribution in [3.63, 3.8) is 0 Å². The lowest BCUT2D eigenvalue weighted by atomic mass is 10.2. The number of rotatable bonds is 5. The molecule has 0 unspecified atom stereocenters. The van der Waals surface area contributed by atoms with Crippen LogP contribution in [0, 0.1) is 0 Å². The Balaban J connectivity index is 1.48. The molecule has 1 saturated heterocycles. The summed E-state index contributed by atoms with van der Waals surface area (Å²) in [6.07, 6.45) is 0. The summed E-state index contributed by atoms with van der Waals surface area (Å²) in [4.78, 5) is 14.9. The molecule has 32 heavy (non-hydrogen) atoms. The highest BCUT2D eigenvalue weighted by Gasteiger charge is 2.29. The van der Waals surface area contributed by atoms with Crippen molar-refractivity contribution in [3.8, 4) is 0 Å². The van der Waals surface area contributed by atoms with Gasteiger partial charge in [-0.25, -0.2) is 8.42 Å². The van der Waals surface area contributed by atoms with Crippen LogP contribution in [0.1, 0.15) is 10.4 Å². The predicted molar refractivity (Wildman–Crippen MR) is 128 cm³/mol. The molecule has 3 aromatic carbocycles. The largest absolute Gasteiger partial charge is 0.369 e. The Morgan fingerprint density at radius 3 is 2.25 bits per heavy atom. The minimum Gasteiger partial charge on any atom is -0.369 e. The molecule has 4 rings (SSSR count). The summed E-state index contributed by atoms with van der Waals surface area (Å²) < 4.78 is 27.8. The number of carbonyl (C=O) groups is 1. The van der Waals surface area contributed by atoms with E-state index in [4.69, 9.17) is 23.2 Å². The molecule has 1 amide bonds. The van der Waals surface area contributed by atoms with Gasteiger partial charge in [-0.1, -0.05) is 47.5 Å². The number of amides is 1. The standard InChI is InChI=1S/C23H21Cl2N3O3S/c24-18-9-10-22(21(25)16-18)26-23(29)17-5-4-8-20(15-17)32(30,31)28-13-11-27(12-14-28)19-6-2-1-3-7-19/h1-10,15-16H,11-14H2,(H,26,29). The molecular formula is C23H21Cl2N3O3S. The van der Waals surface area contributed by atoms with Gasteiger partial charge < -0.3 is 10.2 Å². The first-order valence-corrected chi connectivity index (χ1v) is 12.2. The number of nitrogens with zero attached hydrogens (tertiary/aromatic N) is 2. The maximum atomic E-state index is 13.2. The summed E-state index contributed by atoms with van der Waals surface area (Å²) in [5, 5.41) is 3.44. The van der Waals surface area contributed by atoms with E-state index in [1.165, 1.54) is 22.5 Å². The SMILES string of the molecule is O=C(Nc1ccc(Cl)cc1Cl)c1cccc(S(=O)(=O)N2CCN(c3ccccc3)CC2)c1. The average Bonchev–Trinajstić information content (AvgIpc) is 2.81. The van der Waals surface area contributed by atoms with Crippen LogP contribution in [0.3, 0.4) is 0 Å². The summed E-state index contributed by atoms with van der Waals surface area (Å²) in [5.74, 6) is -0.458. The highest BCUT2D eigenvalue weighted by Crippen LogP contribution is 2.26. The molecule has 1 N–H and O–H groups in total. The first-order valence-electron chi connectivity index (χ1n) is 10.0. The topological polar surface area (TPSA) is 69.7 Å². The van der Waals surface area contributed by atoms with Crippen LogP contribution in [-0.2, 0) is 10.0 Å². The van der Waals surface area contributed by atoms with Gasteiger partial charge in [0.05, 0.1) is 15.6 Å². The maximum Gasteiger partial charge on any atom is 0.255 e. The Bertz CT molecular complexity index is 1230. The van der Waals surface area contributed by atoms with Gasteiger partial charge in [0.1, 0.15) is 0 Å². The van der Waals surface area contributed by atoms with Crippen LogP contribution in [0.5, 0.6) is 0 Å². The second kappa shape index (κ2) is 9.50. The molecule has 1 heterocycles. The molecule has 1 aliphatic heterocycles. The molecule has 0 aromatic heterocycles. The Morgan fingerprint density at radius 1 is 0.844 bits per heavy atom. The third-order valence-electron chi connectivity index (χ3n) is 5.27. The van der Waals surface area contributed by atoms with Crippen molar-refractivity contribution >= 4 is 50.5 Å². The molecule has 0 aliphatic carbocycles. The molecule has 6 nitrogen and oxygen atoms in total. The zero-order chi connectivity index (χ0) is 22.7. The first-order chi connectivity index (χ1) is 15.3. The number of nitrogens with one attached hydrogen (secondary N) is 1. The smallest absolute Gasteiger partial charge is 0.255 e. The van der Waals surface area contributed by atoms with Gasteiger partial charge in [0.2, 0.25) is 10.0 Å². The molecule has 3 aromatic rings. The van der Waals surface area contributed by atoms with E-state index >= 15 is 0 Å². The number of benzene rings is 3. The Labute approximate surface area is 197 Å². The van der Waals surface area contributed by atoms with E-state index in [0.29, 0.717) is 41.9 Å². The zero-order valence-electron chi connectivity index (χ0n) is 17.0. The zero-order valence-corrected chi connectivity index (χ0v) is 19.4. The monoisotopic (exact) mass is 489 g/mol. The normalized spacial score (nSPS) is 14.9. The van der Waals surface area contributed by atoms with Crippen molar-refractivity contribution in [1.82, 2.24) is 4.31 Å².